The first-order valence-electron chi connectivity index (χ1n) is 14.2. The molecule has 2 amide bonds. The molecule has 3 aliphatic heterocycles. The van der Waals surface area contributed by atoms with Crippen molar-refractivity contribution in [1.29, 1.82) is 0 Å². The molecule has 0 radical (unpaired) electrons. The average molecular weight is 675 g/mol. The van der Waals surface area contributed by atoms with Gasteiger partial charge in [-0.2, -0.15) is 0 Å². The molecule has 0 unspecified atom stereocenters. The van der Waals surface area contributed by atoms with Gasteiger partial charge in [0.25, 0.3) is 5.79 Å². The second kappa shape index (κ2) is 15.8. The molecule has 0 aliphatic carbocycles. The molecule has 3 fully saturated rings. The fraction of sp³-hybridized carbons (Fsp3) is 0.880. The van der Waals surface area contributed by atoms with E-state index in [4.69, 9.17) is 23.7 Å². The van der Waals surface area contributed by atoms with Crippen LogP contribution in [0.3, 0.4) is 0 Å². The van der Waals surface area contributed by atoms with Crippen LogP contribution in [0.25, 0.3) is 0 Å². The topological polar surface area (TPSA) is 344 Å². The molecule has 46 heavy (non-hydrogen) atoms. The van der Waals surface area contributed by atoms with Gasteiger partial charge in [-0.25, -0.2) is 4.79 Å². The maximum atomic E-state index is 12.4. The molecule has 0 saturated carbocycles. The van der Waals surface area contributed by atoms with Crippen molar-refractivity contribution < 1.29 is 94.2 Å². The molecule has 3 aliphatic rings. The molecule has 0 aromatic carbocycles. The minimum Gasteiger partial charge on any atom is -0.477 e. The van der Waals surface area contributed by atoms with Crippen LogP contribution in [0.2, 0.25) is 0 Å². The van der Waals surface area contributed by atoms with Crippen LogP contribution in [-0.4, -0.2) is 191 Å². The summed E-state index contributed by atoms with van der Waals surface area (Å²) >= 11 is 0. The second-order valence-corrected chi connectivity index (χ2v) is 11.3. The minimum absolute atomic E-state index is 0.702. The number of nitrogens with one attached hydrogen (secondary N) is 2. The van der Waals surface area contributed by atoms with Gasteiger partial charge >= 0.3 is 5.97 Å². The number of aliphatic carboxylic acids is 1. The molecule has 16 atom stereocenters. The van der Waals surface area contributed by atoms with Crippen molar-refractivity contribution in [2.75, 3.05) is 19.8 Å². The molecule has 266 valence electrons. The summed E-state index contributed by atoms with van der Waals surface area (Å²) in [6.07, 6.45) is -25.0. The van der Waals surface area contributed by atoms with Crippen LogP contribution in [0.5, 0.6) is 0 Å². The van der Waals surface area contributed by atoms with E-state index in [1.165, 1.54) is 0 Å². The number of aliphatic hydroxyl groups is 10. The van der Waals surface area contributed by atoms with Gasteiger partial charge in [0.15, 0.2) is 12.6 Å². The summed E-state index contributed by atoms with van der Waals surface area (Å²) in [7, 11) is 0. The number of ether oxygens (including phenoxy) is 5. The van der Waals surface area contributed by atoms with Gasteiger partial charge < -0.3 is 90.5 Å². The van der Waals surface area contributed by atoms with Crippen molar-refractivity contribution in [1.82, 2.24) is 10.6 Å². The summed E-state index contributed by atoms with van der Waals surface area (Å²) in [6, 6.07) is -2.98. The highest BCUT2D eigenvalue weighted by molar-refractivity contribution is 5.76. The number of amides is 2. The fourth-order valence-electron chi connectivity index (χ4n) is 5.45. The smallest absolute Gasteiger partial charge is 0.364 e. The molecule has 13 N–H and O–H groups in total. The Morgan fingerprint density at radius 2 is 1.48 bits per heavy atom. The molecule has 0 bridgehead atoms. The number of rotatable bonds is 12. The van der Waals surface area contributed by atoms with Crippen LogP contribution in [0.4, 0.5) is 0 Å². The lowest BCUT2D eigenvalue weighted by atomic mass is 9.88. The first-order chi connectivity index (χ1) is 21.5. The van der Waals surface area contributed by atoms with Crippen molar-refractivity contribution in [2.24, 2.45) is 0 Å². The highest BCUT2D eigenvalue weighted by Gasteiger charge is 2.57. The Bertz CT molecular complexity index is 1050. The van der Waals surface area contributed by atoms with Crippen LogP contribution >= 0.6 is 0 Å². The van der Waals surface area contributed by atoms with E-state index in [2.05, 4.69) is 10.6 Å². The van der Waals surface area contributed by atoms with Crippen LogP contribution in [0, 0.1) is 0 Å². The Labute approximate surface area is 260 Å². The maximum Gasteiger partial charge on any atom is 0.364 e. The summed E-state index contributed by atoms with van der Waals surface area (Å²) in [5, 5.41) is 118. The quantitative estimate of drug-likeness (QED) is 0.0913. The SMILES string of the molecule is CC(=O)N[C@@H]1[C@@H](O[C@H]2O[C@H](CO[C@]3(C(=O)O)C[C@H](O)[C@@H](NC(C)=O)[C@H]([C@H](O)[C@H](O)CO)O3)[C@H](O)[C@H](O)[C@H]2O)[C@@H](O)[C@@H](CO)O[C@@H]1O. The number of carboxylic acid groups (broad SMARTS) is 1. The predicted molar refractivity (Wildman–Crippen MR) is 142 cm³/mol. The van der Waals surface area contributed by atoms with E-state index in [9.17, 15) is 70.6 Å². The summed E-state index contributed by atoms with van der Waals surface area (Å²) in [4.78, 5) is 35.9. The van der Waals surface area contributed by atoms with E-state index in [0.717, 1.165) is 13.8 Å². The Hall–Kier alpha value is -2.19. The highest BCUT2D eigenvalue weighted by atomic mass is 16.8. The molecule has 21 heteroatoms. The summed E-state index contributed by atoms with van der Waals surface area (Å²) in [5.74, 6) is -6.15. The van der Waals surface area contributed by atoms with Gasteiger partial charge in [0.2, 0.25) is 11.8 Å². The Morgan fingerprint density at radius 1 is 0.870 bits per heavy atom. The van der Waals surface area contributed by atoms with Crippen molar-refractivity contribution in [3.63, 3.8) is 0 Å². The Morgan fingerprint density at radius 3 is 2.02 bits per heavy atom. The zero-order valence-electron chi connectivity index (χ0n) is 24.7. The van der Waals surface area contributed by atoms with E-state index >= 15 is 0 Å². The third-order valence-electron chi connectivity index (χ3n) is 7.87. The van der Waals surface area contributed by atoms with E-state index < -0.39 is 142 Å². The monoisotopic (exact) mass is 674 g/mol. The average Bonchev–Trinajstić information content (AvgIpc) is 2.99. The minimum atomic E-state index is -2.85. The van der Waals surface area contributed by atoms with Gasteiger partial charge in [0, 0.05) is 20.3 Å². The van der Waals surface area contributed by atoms with Crippen molar-refractivity contribution in [3.05, 3.63) is 0 Å². The molecule has 0 aromatic heterocycles. The van der Waals surface area contributed by atoms with Crippen LogP contribution < -0.4 is 10.6 Å². The second-order valence-electron chi connectivity index (χ2n) is 11.3. The lowest BCUT2D eigenvalue weighted by Gasteiger charge is -2.48. The molecule has 3 heterocycles. The molecule has 3 saturated heterocycles. The number of carbonyl (C=O) groups is 3. The van der Waals surface area contributed by atoms with Gasteiger partial charge in [0.1, 0.15) is 67.1 Å². The van der Waals surface area contributed by atoms with Crippen LogP contribution in [-0.2, 0) is 38.1 Å². The lowest BCUT2D eigenvalue weighted by molar-refractivity contribution is -0.356. The molecule has 3 rings (SSSR count). The van der Waals surface area contributed by atoms with Gasteiger partial charge in [0.05, 0.1) is 32.0 Å². The Balaban J connectivity index is 1.85. The lowest BCUT2D eigenvalue weighted by Crippen LogP contribution is -2.69. The van der Waals surface area contributed by atoms with Crippen molar-refractivity contribution in [2.45, 2.75) is 118 Å². The molecular weight excluding hydrogens is 632 g/mol. The number of carbonyl (C=O) groups excluding carboxylic acids is 2. The molecule has 0 aromatic rings. The normalized spacial score (nSPS) is 42.9. The molecule has 0 spiro atoms. The zero-order chi connectivity index (χ0) is 34.7. The summed E-state index contributed by atoms with van der Waals surface area (Å²) in [6.45, 7) is -0.685. The van der Waals surface area contributed by atoms with Crippen LogP contribution in [0.1, 0.15) is 20.3 Å². The fourth-order valence-corrected chi connectivity index (χ4v) is 5.45. The number of hydrogen-bond donors (Lipinski definition) is 13. The molecular formula is C25H42N2O19. The van der Waals surface area contributed by atoms with E-state index in [0.29, 0.717) is 0 Å². The number of hydrogen-bond acceptors (Lipinski definition) is 18. The first kappa shape index (κ1) is 38.3. The van der Waals surface area contributed by atoms with E-state index in [-0.39, 0.29) is 0 Å². The number of aliphatic hydroxyl groups excluding tert-OH is 10. The highest BCUT2D eigenvalue weighted by Crippen LogP contribution is 2.35. The van der Waals surface area contributed by atoms with Crippen molar-refractivity contribution in [3.8, 4) is 0 Å². The van der Waals surface area contributed by atoms with Gasteiger partial charge in [-0.1, -0.05) is 0 Å². The Kier molecular flexibility index (Phi) is 13.1. The number of carboxylic acids is 1. The third-order valence-corrected chi connectivity index (χ3v) is 7.87. The molecule has 21 nitrogen and oxygen atoms in total. The van der Waals surface area contributed by atoms with Gasteiger partial charge in [-0.15, -0.1) is 0 Å². The largest absolute Gasteiger partial charge is 0.477 e. The summed E-state index contributed by atoms with van der Waals surface area (Å²) < 4.78 is 27.2. The van der Waals surface area contributed by atoms with Crippen molar-refractivity contribution >= 4 is 17.8 Å². The van der Waals surface area contributed by atoms with E-state index in [1.54, 1.807) is 0 Å². The van der Waals surface area contributed by atoms with E-state index in [1.807, 2.05) is 0 Å². The predicted octanol–water partition coefficient (Wildman–Crippen LogP) is -8.08. The van der Waals surface area contributed by atoms with Crippen LogP contribution in [0.15, 0.2) is 0 Å². The summed E-state index contributed by atoms with van der Waals surface area (Å²) in [5.41, 5.74) is 0. The van der Waals surface area contributed by atoms with Gasteiger partial charge in [-0.3, -0.25) is 9.59 Å². The maximum absolute atomic E-state index is 12.4. The van der Waals surface area contributed by atoms with Gasteiger partial charge in [-0.05, 0) is 0 Å². The standard InChI is InChI=1S/C25H42N2O19/c1-7(30)26-13-9(32)3-25(24(40)41,46-21(13)15(34)10(33)4-28)42-6-12-16(35)18(37)19(38)23(44-12)45-20-14(27-8(2)31)22(39)43-11(5-29)17(20)36/h9-23,28-29,32-39H,3-6H2,1-2H3,(H,26,30)(H,27,31)(H,40,41)/t9-,10+,11+,12+,13+,14+,15+,16-,17-,18-,19+,20+,21+,22-,23+,25+/m0/s1. The zero-order valence-corrected chi connectivity index (χ0v) is 24.7. The first-order valence-corrected chi connectivity index (χ1v) is 14.2. The third kappa shape index (κ3) is 8.26.